The normalized spacial score (nSPS) is 9.85. The van der Waals surface area contributed by atoms with Gasteiger partial charge in [0, 0.05) is 5.56 Å². The third kappa shape index (κ3) is 1.97. The molecule has 0 amide bonds. The first-order chi connectivity index (χ1) is 6.31. The van der Waals surface area contributed by atoms with Gasteiger partial charge in [-0.2, -0.15) is 5.26 Å². The largest absolute Gasteiger partial charge is 0.496 e. The zero-order valence-corrected chi connectivity index (χ0v) is 7.06. The van der Waals surface area contributed by atoms with Gasteiger partial charge in [-0.05, 0) is 18.2 Å². The van der Waals surface area contributed by atoms with E-state index in [9.17, 15) is 0 Å². The predicted molar refractivity (Wildman–Crippen MR) is 47.1 cm³/mol. The molecule has 0 aromatic heterocycles. The van der Waals surface area contributed by atoms with E-state index in [4.69, 9.17) is 15.2 Å². The number of rotatable bonds is 2. The molecule has 0 aliphatic heterocycles. The fourth-order valence-corrected chi connectivity index (χ4v) is 0.950. The van der Waals surface area contributed by atoms with Crippen molar-refractivity contribution >= 4 is 6.21 Å². The van der Waals surface area contributed by atoms with Crippen LogP contribution in [0.25, 0.3) is 0 Å². The van der Waals surface area contributed by atoms with Crippen molar-refractivity contribution in [1.82, 2.24) is 0 Å². The van der Waals surface area contributed by atoms with E-state index in [1.165, 1.54) is 13.3 Å². The minimum absolute atomic E-state index is 0.506. The van der Waals surface area contributed by atoms with E-state index in [0.717, 1.165) is 0 Å². The third-order valence-electron chi connectivity index (χ3n) is 1.56. The molecule has 4 nitrogen and oxygen atoms in total. The van der Waals surface area contributed by atoms with Gasteiger partial charge in [0.1, 0.15) is 5.75 Å². The highest BCUT2D eigenvalue weighted by Crippen LogP contribution is 2.17. The molecule has 0 atom stereocenters. The van der Waals surface area contributed by atoms with E-state index in [1.807, 2.05) is 6.07 Å². The highest BCUT2D eigenvalue weighted by atomic mass is 16.5. The summed E-state index contributed by atoms with van der Waals surface area (Å²) in [6.45, 7) is 0. The maximum atomic E-state index is 8.59. The van der Waals surface area contributed by atoms with Crippen molar-refractivity contribution in [2.24, 2.45) is 5.16 Å². The summed E-state index contributed by atoms with van der Waals surface area (Å²) in [4.78, 5) is 0. The Morgan fingerprint density at radius 2 is 2.38 bits per heavy atom. The number of benzene rings is 1. The van der Waals surface area contributed by atoms with Crippen LogP contribution in [0.5, 0.6) is 5.75 Å². The van der Waals surface area contributed by atoms with Gasteiger partial charge in [0.2, 0.25) is 0 Å². The smallest absolute Gasteiger partial charge is 0.129 e. The van der Waals surface area contributed by atoms with Gasteiger partial charge in [0.25, 0.3) is 0 Å². The quantitative estimate of drug-likeness (QED) is 0.420. The van der Waals surface area contributed by atoms with E-state index < -0.39 is 0 Å². The number of nitriles is 1. The number of ether oxygens (including phenoxy) is 1. The van der Waals surface area contributed by atoms with Crippen LogP contribution in [-0.4, -0.2) is 18.5 Å². The highest BCUT2D eigenvalue weighted by Gasteiger charge is 2.01. The molecule has 0 spiro atoms. The van der Waals surface area contributed by atoms with Crippen LogP contribution in [0.3, 0.4) is 0 Å². The van der Waals surface area contributed by atoms with E-state index in [2.05, 4.69) is 5.16 Å². The third-order valence-corrected chi connectivity index (χ3v) is 1.56. The van der Waals surface area contributed by atoms with Gasteiger partial charge < -0.3 is 9.94 Å². The van der Waals surface area contributed by atoms with Crippen LogP contribution in [0.4, 0.5) is 0 Å². The molecule has 0 heterocycles. The standard InChI is InChI=1S/C9H8N2O2/c1-13-9-4-7(5-10)2-3-8(9)6-11-12/h2-4,6,12H,1H3/b11-6-. The molecule has 0 aliphatic carbocycles. The van der Waals surface area contributed by atoms with Crippen LogP contribution in [0.15, 0.2) is 23.4 Å². The van der Waals surface area contributed by atoms with Crippen LogP contribution >= 0.6 is 0 Å². The Morgan fingerprint density at radius 3 is 2.92 bits per heavy atom. The molecule has 1 N–H and O–H groups in total. The Bertz CT molecular complexity index is 366. The van der Waals surface area contributed by atoms with Crippen molar-refractivity contribution < 1.29 is 9.94 Å². The van der Waals surface area contributed by atoms with E-state index >= 15 is 0 Å². The van der Waals surface area contributed by atoms with Gasteiger partial charge in [-0.15, -0.1) is 0 Å². The lowest BCUT2D eigenvalue weighted by Gasteiger charge is -2.02. The molecule has 0 aliphatic rings. The Labute approximate surface area is 75.7 Å². The van der Waals surface area contributed by atoms with Crippen molar-refractivity contribution in [2.45, 2.75) is 0 Å². The SMILES string of the molecule is COc1cc(C#N)ccc1/C=N\O. The second kappa shape index (κ2) is 4.12. The first-order valence-electron chi connectivity index (χ1n) is 3.57. The number of nitrogens with zero attached hydrogens (tertiary/aromatic N) is 2. The molecule has 13 heavy (non-hydrogen) atoms. The van der Waals surface area contributed by atoms with Crippen molar-refractivity contribution in [3.05, 3.63) is 29.3 Å². The fraction of sp³-hybridized carbons (Fsp3) is 0.111. The maximum absolute atomic E-state index is 8.59. The molecule has 1 aromatic rings. The second-order valence-corrected chi connectivity index (χ2v) is 2.31. The van der Waals surface area contributed by atoms with E-state index in [1.54, 1.807) is 18.2 Å². The van der Waals surface area contributed by atoms with Gasteiger partial charge in [-0.25, -0.2) is 0 Å². The fourth-order valence-electron chi connectivity index (χ4n) is 0.950. The Kier molecular flexibility index (Phi) is 2.87. The monoisotopic (exact) mass is 176 g/mol. The Balaban J connectivity index is 3.17. The summed E-state index contributed by atoms with van der Waals surface area (Å²) >= 11 is 0. The molecule has 1 rings (SSSR count). The molecule has 0 saturated heterocycles. The maximum Gasteiger partial charge on any atom is 0.129 e. The van der Waals surface area contributed by atoms with Crippen LogP contribution in [-0.2, 0) is 0 Å². The van der Waals surface area contributed by atoms with Crippen LogP contribution in [0.2, 0.25) is 0 Å². The van der Waals surface area contributed by atoms with Gasteiger partial charge in [0.05, 0.1) is 25.0 Å². The van der Waals surface area contributed by atoms with Gasteiger partial charge in [-0.3, -0.25) is 0 Å². The molecular formula is C9H8N2O2. The van der Waals surface area contributed by atoms with Crippen molar-refractivity contribution in [3.63, 3.8) is 0 Å². The second-order valence-electron chi connectivity index (χ2n) is 2.31. The van der Waals surface area contributed by atoms with E-state index in [-0.39, 0.29) is 0 Å². The first-order valence-corrected chi connectivity index (χ1v) is 3.57. The minimum atomic E-state index is 0.506. The molecule has 0 unspecified atom stereocenters. The van der Waals surface area contributed by atoms with Crippen molar-refractivity contribution in [1.29, 1.82) is 5.26 Å². The topological polar surface area (TPSA) is 65.6 Å². The van der Waals surface area contributed by atoms with Gasteiger partial charge >= 0.3 is 0 Å². The lowest BCUT2D eigenvalue weighted by atomic mass is 10.1. The molecule has 4 heteroatoms. The zero-order valence-electron chi connectivity index (χ0n) is 7.06. The lowest BCUT2D eigenvalue weighted by molar-refractivity contribution is 0.321. The summed E-state index contributed by atoms with van der Waals surface area (Å²) in [7, 11) is 1.49. The molecular weight excluding hydrogens is 168 g/mol. The summed E-state index contributed by atoms with van der Waals surface area (Å²) in [5, 5.41) is 19.8. The molecule has 66 valence electrons. The number of hydrogen-bond acceptors (Lipinski definition) is 4. The van der Waals surface area contributed by atoms with Gasteiger partial charge in [0.15, 0.2) is 0 Å². The average Bonchev–Trinajstić information content (AvgIpc) is 2.19. The van der Waals surface area contributed by atoms with Crippen LogP contribution in [0.1, 0.15) is 11.1 Å². The summed E-state index contributed by atoms with van der Waals surface area (Å²) in [6, 6.07) is 6.84. The van der Waals surface area contributed by atoms with Crippen LogP contribution < -0.4 is 4.74 Å². The number of hydrogen-bond donors (Lipinski definition) is 1. The Morgan fingerprint density at radius 1 is 1.62 bits per heavy atom. The predicted octanol–water partition coefficient (Wildman–Crippen LogP) is 1.37. The average molecular weight is 176 g/mol. The highest BCUT2D eigenvalue weighted by molar-refractivity contribution is 5.83. The van der Waals surface area contributed by atoms with Gasteiger partial charge in [-0.1, -0.05) is 5.16 Å². The Hall–Kier alpha value is -2.02. The molecule has 1 aromatic carbocycles. The summed E-state index contributed by atoms with van der Waals surface area (Å²) in [5.41, 5.74) is 1.14. The van der Waals surface area contributed by atoms with Crippen molar-refractivity contribution in [2.75, 3.05) is 7.11 Å². The lowest BCUT2D eigenvalue weighted by Crippen LogP contribution is -1.91. The molecule has 0 bridgehead atoms. The summed E-state index contributed by atoms with van der Waals surface area (Å²) < 4.78 is 4.99. The van der Waals surface area contributed by atoms with Crippen LogP contribution in [0, 0.1) is 11.3 Å². The summed E-state index contributed by atoms with van der Waals surface area (Å²) in [6.07, 6.45) is 1.25. The molecule has 0 saturated carbocycles. The first kappa shape index (κ1) is 9.07. The molecule has 0 radical (unpaired) electrons. The number of oxime groups is 1. The number of methoxy groups -OCH3 is 1. The minimum Gasteiger partial charge on any atom is -0.496 e. The summed E-state index contributed by atoms with van der Waals surface area (Å²) in [5.74, 6) is 0.511. The van der Waals surface area contributed by atoms with E-state index in [0.29, 0.717) is 16.9 Å². The molecule has 0 fully saturated rings. The zero-order chi connectivity index (χ0) is 9.68. The van der Waals surface area contributed by atoms with Crippen molar-refractivity contribution in [3.8, 4) is 11.8 Å².